The minimum atomic E-state index is -1.08. The Morgan fingerprint density at radius 1 is 1.32 bits per heavy atom. The highest BCUT2D eigenvalue weighted by molar-refractivity contribution is 6.33. The summed E-state index contributed by atoms with van der Waals surface area (Å²) in [7, 11) is 0. The first-order valence-corrected chi connectivity index (χ1v) is 9.74. The molecule has 2 aromatic rings. The van der Waals surface area contributed by atoms with Gasteiger partial charge in [0.2, 0.25) is 5.91 Å². The second-order valence-electron chi connectivity index (χ2n) is 7.77. The smallest absolute Gasteiger partial charge is 0.337 e. The van der Waals surface area contributed by atoms with Crippen LogP contribution in [0.25, 0.3) is 11.3 Å². The molecule has 4 rings (SSSR count). The number of nitrogens with one attached hydrogen (secondary N) is 1. The number of hydrogen-bond donors (Lipinski definition) is 2. The fourth-order valence-electron chi connectivity index (χ4n) is 4.50. The second-order valence-corrected chi connectivity index (χ2v) is 8.18. The van der Waals surface area contributed by atoms with Gasteiger partial charge in [-0.3, -0.25) is 4.79 Å². The van der Waals surface area contributed by atoms with E-state index in [1.54, 1.807) is 24.3 Å². The van der Waals surface area contributed by atoms with Gasteiger partial charge < -0.3 is 9.52 Å². The maximum atomic E-state index is 12.4. The molecule has 6 nitrogen and oxygen atoms in total. The van der Waals surface area contributed by atoms with Crippen molar-refractivity contribution >= 4 is 29.7 Å². The number of halogens is 1. The molecule has 7 heteroatoms. The van der Waals surface area contributed by atoms with Crippen LogP contribution in [0.2, 0.25) is 5.02 Å². The third kappa shape index (κ3) is 3.33. The molecule has 28 heavy (non-hydrogen) atoms. The molecule has 1 aromatic heterocycles. The fourth-order valence-corrected chi connectivity index (χ4v) is 4.76. The number of rotatable bonds is 5. The van der Waals surface area contributed by atoms with Gasteiger partial charge in [-0.05, 0) is 48.4 Å². The molecule has 0 radical (unpaired) electrons. The maximum Gasteiger partial charge on any atom is 0.337 e. The summed E-state index contributed by atoms with van der Waals surface area (Å²) in [6.07, 6.45) is 6.11. The van der Waals surface area contributed by atoms with E-state index >= 15 is 0 Å². The summed E-state index contributed by atoms with van der Waals surface area (Å²) < 4.78 is 5.69. The van der Waals surface area contributed by atoms with Crippen molar-refractivity contribution < 1.29 is 19.1 Å². The zero-order chi connectivity index (χ0) is 19.9. The van der Waals surface area contributed by atoms with Gasteiger partial charge in [0.25, 0.3) is 0 Å². The Balaban J connectivity index is 1.39. The van der Waals surface area contributed by atoms with Crippen molar-refractivity contribution in [2.45, 2.75) is 32.6 Å². The lowest BCUT2D eigenvalue weighted by molar-refractivity contribution is -0.123. The molecular formula is C21H21ClN2O4. The van der Waals surface area contributed by atoms with Crippen molar-refractivity contribution in [3.63, 3.8) is 0 Å². The van der Waals surface area contributed by atoms with Gasteiger partial charge in [0.15, 0.2) is 0 Å². The zero-order valence-electron chi connectivity index (χ0n) is 15.4. The lowest BCUT2D eigenvalue weighted by Gasteiger charge is -2.15. The van der Waals surface area contributed by atoms with Crippen LogP contribution in [0.5, 0.6) is 0 Å². The number of carbonyl (C=O) groups excluding carboxylic acids is 1. The summed E-state index contributed by atoms with van der Waals surface area (Å²) >= 11 is 6.00. The van der Waals surface area contributed by atoms with E-state index in [1.165, 1.54) is 25.1 Å². The van der Waals surface area contributed by atoms with Crippen molar-refractivity contribution in [2.24, 2.45) is 22.4 Å². The Bertz CT molecular complexity index is 967. The molecule has 0 aliphatic heterocycles. The van der Waals surface area contributed by atoms with Crippen molar-refractivity contribution in [2.75, 3.05) is 0 Å². The minimum Gasteiger partial charge on any atom is -0.478 e. The van der Waals surface area contributed by atoms with E-state index < -0.39 is 5.97 Å². The van der Waals surface area contributed by atoms with Gasteiger partial charge in [0.1, 0.15) is 11.5 Å². The van der Waals surface area contributed by atoms with Crippen LogP contribution < -0.4 is 5.43 Å². The molecule has 1 amide bonds. The largest absolute Gasteiger partial charge is 0.478 e. The number of carboxylic acids is 1. The van der Waals surface area contributed by atoms with E-state index in [1.807, 2.05) is 0 Å². The Kier molecular flexibility index (Phi) is 4.75. The first-order valence-electron chi connectivity index (χ1n) is 9.36. The van der Waals surface area contributed by atoms with Crippen molar-refractivity contribution in [3.8, 4) is 11.3 Å². The predicted octanol–water partition coefficient (Wildman–Crippen LogP) is 4.57. The van der Waals surface area contributed by atoms with Gasteiger partial charge in [0.05, 0.1) is 16.8 Å². The van der Waals surface area contributed by atoms with Crippen LogP contribution in [-0.4, -0.2) is 23.2 Å². The predicted molar refractivity (Wildman–Crippen MR) is 105 cm³/mol. The first kappa shape index (κ1) is 18.7. The molecule has 2 fully saturated rings. The molecule has 1 aromatic carbocycles. The molecule has 2 N–H and O–H groups in total. The molecule has 0 spiro atoms. The van der Waals surface area contributed by atoms with Gasteiger partial charge in [0, 0.05) is 11.5 Å². The van der Waals surface area contributed by atoms with Crippen LogP contribution in [0.3, 0.4) is 0 Å². The summed E-state index contributed by atoms with van der Waals surface area (Å²) in [5.74, 6) is 0.470. The molecule has 0 unspecified atom stereocenters. The minimum absolute atomic E-state index is 0.0199. The molecule has 2 aliphatic carbocycles. The van der Waals surface area contributed by atoms with E-state index in [4.69, 9.17) is 21.1 Å². The van der Waals surface area contributed by atoms with Gasteiger partial charge >= 0.3 is 5.97 Å². The van der Waals surface area contributed by atoms with Gasteiger partial charge in [-0.25, -0.2) is 10.2 Å². The Morgan fingerprint density at radius 2 is 2.14 bits per heavy atom. The van der Waals surface area contributed by atoms with E-state index in [9.17, 15) is 9.59 Å². The number of carbonyl (C=O) groups is 2. The lowest BCUT2D eigenvalue weighted by Crippen LogP contribution is -2.22. The van der Waals surface area contributed by atoms with Gasteiger partial charge in [-0.2, -0.15) is 5.10 Å². The summed E-state index contributed by atoms with van der Waals surface area (Å²) in [5, 5.41) is 13.2. The lowest BCUT2D eigenvalue weighted by atomic mass is 9.90. The molecular weight excluding hydrogens is 380 g/mol. The van der Waals surface area contributed by atoms with Crippen molar-refractivity contribution in [3.05, 3.63) is 46.7 Å². The SMILES string of the molecule is C[C@]12CCCC[C@H]1[C@@H]2C(=O)N/N=C\c1ccc(-c2ccc(C(=O)O)c(Cl)c2)o1. The number of furan rings is 1. The normalized spacial score (nSPS) is 26.1. The highest BCUT2D eigenvalue weighted by atomic mass is 35.5. The van der Waals surface area contributed by atoms with Crippen molar-refractivity contribution in [1.29, 1.82) is 0 Å². The maximum absolute atomic E-state index is 12.4. The topological polar surface area (TPSA) is 91.9 Å². The number of carboxylic acid groups (broad SMARTS) is 1. The standard InChI is InChI=1S/C21H21ClN2O4/c1-21-9-3-2-4-15(21)18(21)19(25)24-23-11-13-6-8-17(28-13)12-5-7-14(20(26)27)16(22)10-12/h5-8,10-11,15,18H,2-4,9H2,1H3,(H,24,25)(H,26,27)/b23-11-/t15-,18+,21-/m0/s1. The number of benzene rings is 1. The van der Waals surface area contributed by atoms with Crippen LogP contribution in [0.4, 0.5) is 0 Å². The number of nitrogens with zero attached hydrogens (tertiary/aromatic N) is 1. The molecule has 0 bridgehead atoms. The molecule has 2 saturated carbocycles. The fraction of sp³-hybridized carbons (Fsp3) is 0.381. The third-order valence-electron chi connectivity index (χ3n) is 6.09. The van der Waals surface area contributed by atoms with E-state index in [-0.39, 0.29) is 27.8 Å². The van der Waals surface area contributed by atoms with Gasteiger partial charge in [-0.15, -0.1) is 0 Å². The molecule has 2 aliphatic rings. The number of hydrazone groups is 1. The number of amides is 1. The molecule has 0 saturated heterocycles. The highest BCUT2D eigenvalue weighted by Gasteiger charge is 2.64. The Hall–Kier alpha value is -2.60. The first-order chi connectivity index (χ1) is 13.4. The molecule has 1 heterocycles. The van der Waals surface area contributed by atoms with Crippen LogP contribution in [0, 0.1) is 17.3 Å². The number of aromatic carboxylic acids is 1. The summed E-state index contributed by atoms with van der Waals surface area (Å²) in [5.41, 5.74) is 3.49. The average molecular weight is 401 g/mol. The second kappa shape index (κ2) is 7.09. The van der Waals surface area contributed by atoms with E-state index in [0.29, 0.717) is 23.0 Å². The van der Waals surface area contributed by atoms with Crippen molar-refractivity contribution in [1.82, 2.24) is 5.43 Å². The third-order valence-corrected chi connectivity index (χ3v) is 6.40. The monoisotopic (exact) mass is 400 g/mol. The quantitative estimate of drug-likeness (QED) is 0.567. The summed E-state index contributed by atoms with van der Waals surface area (Å²) in [6, 6.07) is 8.08. The van der Waals surface area contributed by atoms with Gasteiger partial charge in [-0.1, -0.05) is 37.4 Å². The van der Waals surface area contributed by atoms with Crippen LogP contribution in [0.15, 0.2) is 39.9 Å². The number of hydrogen-bond acceptors (Lipinski definition) is 4. The van der Waals surface area contributed by atoms with Crippen LogP contribution in [0.1, 0.15) is 48.7 Å². The molecule has 146 valence electrons. The van der Waals surface area contributed by atoms with Crippen LogP contribution in [-0.2, 0) is 4.79 Å². The average Bonchev–Trinajstić information content (AvgIpc) is 3.02. The highest BCUT2D eigenvalue weighted by Crippen LogP contribution is 2.66. The van der Waals surface area contributed by atoms with Crippen LogP contribution >= 0.6 is 11.6 Å². The van der Waals surface area contributed by atoms with E-state index in [0.717, 1.165) is 12.8 Å². The zero-order valence-corrected chi connectivity index (χ0v) is 16.2. The molecule has 3 atom stereocenters. The summed E-state index contributed by atoms with van der Waals surface area (Å²) in [6.45, 7) is 2.20. The summed E-state index contributed by atoms with van der Waals surface area (Å²) in [4.78, 5) is 23.4. The Labute approximate surface area is 167 Å². The number of fused-ring (bicyclic) bond motifs is 1. The Morgan fingerprint density at radius 3 is 2.82 bits per heavy atom. The van der Waals surface area contributed by atoms with E-state index in [2.05, 4.69) is 17.5 Å².